The fraction of sp³-hybridized carbons (Fsp3) is 0.692. The third-order valence-corrected chi connectivity index (χ3v) is 4.45. The molecule has 2 rings (SSSR count). The molecular formula is C13H21IN4O. The predicted molar refractivity (Wildman–Crippen MR) is 84.0 cm³/mol. The SMILES string of the molecule is CCCN1CCOC(c2nc(N)c(I)c(CC)n2)C1. The lowest BCUT2D eigenvalue weighted by Gasteiger charge is -2.32. The number of nitrogen functional groups attached to an aromatic ring is 1. The van der Waals surface area contributed by atoms with Crippen molar-refractivity contribution in [3.05, 3.63) is 15.1 Å². The number of aromatic nitrogens is 2. The van der Waals surface area contributed by atoms with Gasteiger partial charge in [0.15, 0.2) is 5.82 Å². The normalized spacial score (nSPS) is 20.7. The molecule has 0 aliphatic carbocycles. The molecule has 1 aliphatic heterocycles. The zero-order chi connectivity index (χ0) is 13.8. The third kappa shape index (κ3) is 3.55. The maximum atomic E-state index is 5.97. The largest absolute Gasteiger partial charge is 0.383 e. The smallest absolute Gasteiger partial charge is 0.161 e. The molecule has 0 bridgehead atoms. The predicted octanol–water partition coefficient (Wildman–Crippen LogP) is 2.01. The molecule has 2 N–H and O–H groups in total. The van der Waals surface area contributed by atoms with Crippen LogP contribution in [0.15, 0.2) is 0 Å². The van der Waals surface area contributed by atoms with E-state index in [0.717, 1.165) is 54.2 Å². The number of anilines is 1. The highest BCUT2D eigenvalue weighted by molar-refractivity contribution is 14.1. The molecule has 1 aliphatic rings. The number of morpholine rings is 1. The number of nitrogens with two attached hydrogens (primary N) is 1. The maximum absolute atomic E-state index is 5.97. The highest BCUT2D eigenvalue weighted by Gasteiger charge is 2.25. The summed E-state index contributed by atoms with van der Waals surface area (Å²) < 4.78 is 6.77. The summed E-state index contributed by atoms with van der Waals surface area (Å²) in [7, 11) is 0. The fourth-order valence-electron chi connectivity index (χ4n) is 2.29. The van der Waals surface area contributed by atoms with Crippen LogP contribution >= 0.6 is 22.6 Å². The fourth-order valence-corrected chi connectivity index (χ4v) is 2.91. The molecule has 0 radical (unpaired) electrons. The average Bonchev–Trinajstić information content (AvgIpc) is 2.42. The van der Waals surface area contributed by atoms with Crippen LogP contribution in [0.2, 0.25) is 0 Å². The van der Waals surface area contributed by atoms with E-state index in [1.54, 1.807) is 0 Å². The van der Waals surface area contributed by atoms with Crippen LogP contribution in [0, 0.1) is 3.57 Å². The van der Waals surface area contributed by atoms with Crippen molar-refractivity contribution >= 4 is 28.4 Å². The Kier molecular flexibility index (Phi) is 5.35. The van der Waals surface area contributed by atoms with Crippen LogP contribution in [0.25, 0.3) is 0 Å². The second-order valence-corrected chi connectivity index (χ2v) is 5.82. The molecule has 106 valence electrons. The van der Waals surface area contributed by atoms with Gasteiger partial charge >= 0.3 is 0 Å². The summed E-state index contributed by atoms with van der Waals surface area (Å²) in [6, 6.07) is 0. The Morgan fingerprint density at radius 1 is 1.42 bits per heavy atom. The Labute approximate surface area is 128 Å². The van der Waals surface area contributed by atoms with Crippen molar-refractivity contribution < 1.29 is 4.74 Å². The van der Waals surface area contributed by atoms with Crippen LogP contribution in [0.5, 0.6) is 0 Å². The van der Waals surface area contributed by atoms with E-state index < -0.39 is 0 Å². The molecule has 0 amide bonds. The van der Waals surface area contributed by atoms with Crippen molar-refractivity contribution in [3.63, 3.8) is 0 Å². The molecule has 0 spiro atoms. The van der Waals surface area contributed by atoms with Gasteiger partial charge in [-0.15, -0.1) is 0 Å². The maximum Gasteiger partial charge on any atom is 0.161 e. The molecule has 1 unspecified atom stereocenters. The third-order valence-electron chi connectivity index (χ3n) is 3.28. The Morgan fingerprint density at radius 3 is 2.89 bits per heavy atom. The summed E-state index contributed by atoms with van der Waals surface area (Å²) >= 11 is 2.21. The van der Waals surface area contributed by atoms with Gasteiger partial charge in [0.2, 0.25) is 0 Å². The monoisotopic (exact) mass is 376 g/mol. The highest BCUT2D eigenvalue weighted by atomic mass is 127. The first-order chi connectivity index (χ1) is 9.15. The Hall–Kier alpha value is -0.470. The van der Waals surface area contributed by atoms with Gasteiger partial charge in [-0.1, -0.05) is 13.8 Å². The molecule has 1 aromatic rings. The Balaban J connectivity index is 2.19. The first-order valence-electron chi connectivity index (χ1n) is 6.81. The summed E-state index contributed by atoms with van der Waals surface area (Å²) in [4.78, 5) is 11.4. The van der Waals surface area contributed by atoms with Crippen molar-refractivity contribution in [2.75, 3.05) is 32.0 Å². The number of rotatable bonds is 4. The van der Waals surface area contributed by atoms with Crippen LogP contribution < -0.4 is 5.73 Å². The van der Waals surface area contributed by atoms with Crippen LogP contribution in [-0.2, 0) is 11.2 Å². The molecule has 1 saturated heterocycles. The standard InChI is InChI=1S/C13H21IN4O/c1-3-5-18-6-7-19-10(8-18)13-16-9(4-2)11(14)12(15)17-13/h10H,3-8H2,1-2H3,(H2,15,16,17). The quantitative estimate of drug-likeness (QED) is 0.815. The number of aryl methyl sites for hydroxylation is 1. The van der Waals surface area contributed by atoms with Gasteiger partial charge in [-0.25, -0.2) is 9.97 Å². The van der Waals surface area contributed by atoms with E-state index in [-0.39, 0.29) is 6.10 Å². The lowest BCUT2D eigenvalue weighted by atomic mass is 10.2. The van der Waals surface area contributed by atoms with E-state index in [1.165, 1.54) is 0 Å². The van der Waals surface area contributed by atoms with E-state index in [1.807, 2.05) is 0 Å². The van der Waals surface area contributed by atoms with Gasteiger partial charge in [0, 0.05) is 13.1 Å². The van der Waals surface area contributed by atoms with Crippen LogP contribution in [0.4, 0.5) is 5.82 Å². The number of ether oxygens (including phenoxy) is 1. The molecule has 1 aromatic heterocycles. The van der Waals surface area contributed by atoms with Crippen molar-refractivity contribution in [1.82, 2.24) is 14.9 Å². The van der Waals surface area contributed by atoms with Crippen LogP contribution in [0.1, 0.15) is 37.9 Å². The molecule has 0 saturated carbocycles. The number of hydrogen-bond acceptors (Lipinski definition) is 5. The van der Waals surface area contributed by atoms with E-state index in [2.05, 4.69) is 51.3 Å². The van der Waals surface area contributed by atoms with Gasteiger partial charge in [-0.05, 0) is 42.0 Å². The summed E-state index contributed by atoms with van der Waals surface area (Å²) in [5.41, 5.74) is 6.98. The number of hydrogen-bond donors (Lipinski definition) is 1. The zero-order valence-electron chi connectivity index (χ0n) is 11.5. The topological polar surface area (TPSA) is 64.3 Å². The summed E-state index contributed by atoms with van der Waals surface area (Å²) in [6.45, 7) is 7.96. The molecule has 1 fully saturated rings. The minimum absolute atomic E-state index is 0.0510. The number of nitrogens with zero attached hydrogens (tertiary/aromatic N) is 3. The summed E-state index contributed by atoms with van der Waals surface area (Å²) in [6.07, 6.45) is 1.97. The lowest BCUT2D eigenvalue weighted by Crippen LogP contribution is -2.39. The van der Waals surface area contributed by atoms with E-state index in [4.69, 9.17) is 10.5 Å². The second-order valence-electron chi connectivity index (χ2n) is 4.74. The Morgan fingerprint density at radius 2 is 2.21 bits per heavy atom. The van der Waals surface area contributed by atoms with E-state index in [9.17, 15) is 0 Å². The Bertz CT molecular complexity index is 439. The van der Waals surface area contributed by atoms with Gasteiger partial charge in [0.25, 0.3) is 0 Å². The first kappa shape index (κ1) is 14.9. The van der Waals surface area contributed by atoms with Crippen molar-refractivity contribution in [2.24, 2.45) is 0 Å². The molecule has 5 nitrogen and oxygen atoms in total. The van der Waals surface area contributed by atoms with Gasteiger partial charge in [-0.2, -0.15) is 0 Å². The summed E-state index contributed by atoms with van der Waals surface area (Å²) in [5.74, 6) is 1.30. The second kappa shape index (κ2) is 6.81. The van der Waals surface area contributed by atoms with E-state index >= 15 is 0 Å². The van der Waals surface area contributed by atoms with Gasteiger partial charge < -0.3 is 10.5 Å². The highest BCUT2D eigenvalue weighted by Crippen LogP contribution is 2.24. The van der Waals surface area contributed by atoms with Gasteiger partial charge in [0.05, 0.1) is 15.9 Å². The van der Waals surface area contributed by atoms with Crippen molar-refractivity contribution in [3.8, 4) is 0 Å². The molecule has 1 atom stereocenters. The molecule has 0 aromatic carbocycles. The van der Waals surface area contributed by atoms with Crippen LogP contribution in [-0.4, -0.2) is 41.1 Å². The van der Waals surface area contributed by atoms with Gasteiger partial charge in [0.1, 0.15) is 11.9 Å². The van der Waals surface area contributed by atoms with Crippen molar-refractivity contribution in [2.45, 2.75) is 32.8 Å². The van der Waals surface area contributed by atoms with Gasteiger partial charge in [-0.3, -0.25) is 4.90 Å². The molecule has 19 heavy (non-hydrogen) atoms. The lowest BCUT2D eigenvalue weighted by molar-refractivity contribution is -0.0342. The molecular weight excluding hydrogens is 355 g/mol. The minimum Gasteiger partial charge on any atom is -0.383 e. The minimum atomic E-state index is -0.0510. The average molecular weight is 376 g/mol. The van der Waals surface area contributed by atoms with Crippen LogP contribution in [0.3, 0.4) is 0 Å². The summed E-state index contributed by atoms with van der Waals surface area (Å²) in [5, 5.41) is 0. The van der Waals surface area contributed by atoms with Crippen molar-refractivity contribution in [1.29, 1.82) is 0 Å². The molecule has 2 heterocycles. The molecule has 6 heteroatoms. The first-order valence-corrected chi connectivity index (χ1v) is 7.89. The number of halogens is 1. The van der Waals surface area contributed by atoms with E-state index in [0.29, 0.717) is 5.82 Å². The zero-order valence-corrected chi connectivity index (χ0v) is 13.7.